The quantitative estimate of drug-likeness (QED) is 0.0208. The first-order valence-corrected chi connectivity index (χ1v) is 22.1. The van der Waals surface area contributed by atoms with Gasteiger partial charge in [0, 0.05) is 19.4 Å². The van der Waals surface area contributed by atoms with Crippen LogP contribution in [0.1, 0.15) is 187 Å². The number of unbranched alkanes of at least 4 members (excludes halogenated alkanes) is 21. The molecule has 0 spiro atoms. The van der Waals surface area contributed by atoms with Crippen molar-refractivity contribution in [2.24, 2.45) is 5.73 Å². The van der Waals surface area contributed by atoms with Gasteiger partial charge in [-0.3, -0.25) is 18.6 Å². The molecule has 9 nitrogen and oxygen atoms in total. The highest BCUT2D eigenvalue weighted by Crippen LogP contribution is 2.43. The van der Waals surface area contributed by atoms with Gasteiger partial charge in [-0.2, -0.15) is 0 Å². The number of allylic oxidation sites excluding steroid dienone is 3. The number of hydrogen-bond donors (Lipinski definition) is 2. The van der Waals surface area contributed by atoms with Crippen LogP contribution in [0.2, 0.25) is 0 Å². The lowest BCUT2D eigenvalue weighted by molar-refractivity contribution is -0.161. The Bertz CT molecular complexity index is 950. The average molecular weight is 742 g/mol. The van der Waals surface area contributed by atoms with E-state index in [-0.39, 0.29) is 32.6 Å². The highest BCUT2D eigenvalue weighted by atomic mass is 31.2. The van der Waals surface area contributed by atoms with Crippen molar-refractivity contribution in [2.75, 3.05) is 26.4 Å². The van der Waals surface area contributed by atoms with Gasteiger partial charge in [0.25, 0.3) is 0 Å². The molecule has 1 unspecified atom stereocenters. The van der Waals surface area contributed by atoms with E-state index in [2.05, 4.69) is 43.9 Å². The zero-order chi connectivity index (χ0) is 37.5. The van der Waals surface area contributed by atoms with E-state index in [4.69, 9.17) is 24.3 Å². The largest absolute Gasteiger partial charge is 0.472 e. The van der Waals surface area contributed by atoms with E-state index in [9.17, 15) is 19.0 Å². The summed E-state index contributed by atoms with van der Waals surface area (Å²) in [5.74, 6) is -0.858. The van der Waals surface area contributed by atoms with Crippen LogP contribution in [0.4, 0.5) is 0 Å². The lowest BCUT2D eigenvalue weighted by Crippen LogP contribution is -2.29. The van der Waals surface area contributed by atoms with Gasteiger partial charge in [-0.05, 0) is 76.4 Å². The lowest BCUT2D eigenvalue weighted by Gasteiger charge is -2.19. The molecule has 0 aromatic heterocycles. The predicted molar refractivity (Wildman–Crippen MR) is 209 cm³/mol. The minimum atomic E-state index is -4.38. The normalized spacial score (nSPS) is 13.1. The van der Waals surface area contributed by atoms with E-state index in [1.54, 1.807) is 0 Å². The van der Waals surface area contributed by atoms with E-state index < -0.39 is 32.5 Å². The third-order valence-electron chi connectivity index (χ3n) is 8.58. The van der Waals surface area contributed by atoms with Gasteiger partial charge < -0.3 is 20.1 Å². The smallest absolute Gasteiger partial charge is 0.462 e. The number of carbonyl (C=O) groups excluding carboxylic acids is 2. The second kappa shape index (κ2) is 38.0. The predicted octanol–water partition coefficient (Wildman–Crippen LogP) is 11.4. The average Bonchev–Trinajstić information content (AvgIpc) is 3.11. The monoisotopic (exact) mass is 742 g/mol. The van der Waals surface area contributed by atoms with Gasteiger partial charge in [0.2, 0.25) is 0 Å². The summed E-state index contributed by atoms with van der Waals surface area (Å²) >= 11 is 0. The first-order valence-electron chi connectivity index (χ1n) is 20.6. The molecule has 0 aliphatic carbocycles. The summed E-state index contributed by atoms with van der Waals surface area (Å²) in [6.07, 6.45) is 37.0. The topological polar surface area (TPSA) is 134 Å². The molecule has 3 N–H and O–H groups in total. The van der Waals surface area contributed by atoms with Crippen molar-refractivity contribution in [2.45, 2.75) is 193 Å². The number of esters is 2. The second-order valence-corrected chi connectivity index (χ2v) is 15.1. The summed E-state index contributed by atoms with van der Waals surface area (Å²) in [5, 5.41) is 0. The molecule has 0 amide bonds. The molecule has 0 aromatic rings. The van der Waals surface area contributed by atoms with Crippen molar-refractivity contribution in [3.63, 3.8) is 0 Å². The van der Waals surface area contributed by atoms with Crippen molar-refractivity contribution in [3.8, 4) is 0 Å². The molecule has 51 heavy (non-hydrogen) atoms. The van der Waals surface area contributed by atoms with E-state index in [0.717, 1.165) is 77.0 Å². The summed E-state index contributed by atoms with van der Waals surface area (Å²) in [6, 6.07) is 0. The molecule has 0 heterocycles. The molecule has 0 aliphatic heterocycles. The van der Waals surface area contributed by atoms with Gasteiger partial charge >= 0.3 is 19.8 Å². The van der Waals surface area contributed by atoms with Crippen LogP contribution in [0.25, 0.3) is 0 Å². The van der Waals surface area contributed by atoms with Gasteiger partial charge in [-0.25, -0.2) is 4.57 Å². The Labute approximate surface area is 312 Å². The molecule has 0 fully saturated rings. The zero-order valence-corrected chi connectivity index (χ0v) is 33.5. The van der Waals surface area contributed by atoms with E-state index in [1.165, 1.54) is 77.0 Å². The molecule has 0 saturated heterocycles. The Hall–Kier alpha value is -1.73. The van der Waals surface area contributed by atoms with E-state index in [1.807, 2.05) is 0 Å². The third kappa shape index (κ3) is 37.8. The summed E-state index contributed by atoms with van der Waals surface area (Å²) in [7, 11) is -4.38. The van der Waals surface area contributed by atoms with Crippen molar-refractivity contribution in [1.29, 1.82) is 0 Å². The first-order chi connectivity index (χ1) is 24.8. The summed E-state index contributed by atoms with van der Waals surface area (Å²) in [4.78, 5) is 34.8. The van der Waals surface area contributed by atoms with Crippen molar-refractivity contribution in [3.05, 3.63) is 30.0 Å². The summed E-state index contributed by atoms with van der Waals surface area (Å²) in [6.45, 7) is 3.67. The van der Waals surface area contributed by atoms with Gasteiger partial charge in [-0.1, -0.05) is 122 Å². The first kappa shape index (κ1) is 49.3. The van der Waals surface area contributed by atoms with Crippen molar-refractivity contribution in [1.82, 2.24) is 0 Å². The minimum Gasteiger partial charge on any atom is -0.462 e. The maximum Gasteiger partial charge on any atom is 0.472 e. The highest BCUT2D eigenvalue weighted by Gasteiger charge is 2.26. The van der Waals surface area contributed by atoms with Gasteiger partial charge in [0.1, 0.15) is 6.61 Å². The highest BCUT2D eigenvalue weighted by molar-refractivity contribution is 7.47. The fraction of sp³-hybridized carbons (Fsp3) is 0.829. The molecule has 0 radical (unpaired) electrons. The molecule has 0 aliphatic rings. The number of ether oxygens (including phenoxy) is 2. The van der Waals surface area contributed by atoms with Crippen LogP contribution in [0.5, 0.6) is 0 Å². The number of hydrogen-bond acceptors (Lipinski definition) is 8. The zero-order valence-electron chi connectivity index (χ0n) is 32.6. The van der Waals surface area contributed by atoms with Crippen LogP contribution < -0.4 is 5.73 Å². The Morgan fingerprint density at radius 1 is 0.627 bits per heavy atom. The maximum atomic E-state index is 12.5. The Morgan fingerprint density at radius 2 is 1.08 bits per heavy atom. The SMILES string of the molecule is CCCCCCCC=C=CCCCCCCCC(=O)O[C@H](COC(=O)CCCCCCC/C=C/CCCCCCCC)COP(=O)(O)OCCN. The van der Waals surface area contributed by atoms with Crippen LogP contribution >= 0.6 is 7.82 Å². The summed E-state index contributed by atoms with van der Waals surface area (Å²) in [5.41, 5.74) is 8.62. The second-order valence-electron chi connectivity index (χ2n) is 13.6. The van der Waals surface area contributed by atoms with Crippen molar-refractivity contribution >= 4 is 19.8 Å². The molecule has 0 saturated carbocycles. The molecule has 0 aromatic carbocycles. The standard InChI is InChI=1S/C41H76NO8P/c1-3-5-7-9-11-13-15-17-19-21-23-25-27-29-31-33-40(43)47-37-39(38-49-51(45,46)48-36-35-42)50-41(44)34-32-30-28-26-24-22-20-18-16-14-12-10-8-6-4-2/h16-17,19-20,39H,3-15,21-38,42H2,1-2H3,(H,45,46)/b19-17+/t18?,39-/m1/s1. The number of phosphoric acid groups is 1. The molecule has 10 heteroatoms. The lowest BCUT2D eigenvalue weighted by atomic mass is 10.1. The van der Waals surface area contributed by atoms with Crippen molar-refractivity contribution < 1.29 is 37.6 Å². The Kier molecular flexibility index (Phi) is 36.7. The van der Waals surface area contributed by atoms with Crippen LogP contribution in [0, 0.1) is 0 Å². The summed E-state index contributed by atoms with van der Waals surface area (Å²) < 4.78 is 32.7. The molecule has 2 atom stereocenters. The number of carbonyl (C=O) groups is 2. The van der Waals surface area contributed by atoms with E-state index >= 15 is 0 Å². The number of rotatable bonds is 38. The third-order valence-corrected chi connectivity index (χ3v) is 9.57. The van der Waals surface area contributed by atoms with Crippen LogP contribution in [0.3, 0.4) is 0 Å². The maximum absolute atomic E-state index is 12.5. The Balaban J connectivity index is 4.24. The molecular weight excluding hydrogens is 665 g/mol. The minimum absolute atomic E-state index is 0.0489. The molecule has 0 bridgehead atoms. The molecule has 0 rings (SSSR count). The van der Waals surface area contributed by atoms with Gasteiger partial charge in [0.15, 0.2) is 6.10 Å². The van der Waals surface area contributed by atoms with E-state index in [0.29, 0.717) is 6.42 Å². The molecule has 298 valence electrons. The Morgan fingerprint density at radius 3 is 1.59 bits per heavy atom. The molecular formula is C41H76NO8P. The van der Waals surface area contributed by atoms with Gasteiger partial charge in [-0.15, -0.1) is 5.73 Å². The van der Waals surface area contributed by atoms with Crippen LogP contribution in [0.15, 0.2) is 30.0 Å². The van der Waals surface area contributed by atoms with Gasteiger partial charge in [0.05, 0.1) is 13.2 Å². The number of nitrogens with two attached hydrogens (primary N) is 1. The fourth-order valence-electron chi connectivity index (χ4n) is 5.49. The van der Waals surface area contributed by atoms with Crippen LogP contribution in [-0.2, 0) is 32.7 Å². The number of phosphoric ester groups is 1. The fourth-order valence-corrected chi connectivity index (χ4v) is 6.25. The van der Waals surface area contributed by atoms with Crippen LogP contribution in [-0.4, -0.2) is 49.3 Å².